The Morgan fingerprint density at radius 2 is 1.81 bits per heavy atom. The summed E-state index contributed by atoms with van der Waals surface area (Å²) in [6, 6.07) is 8.34. The first kappa shape index (κ1) is 15.5. The van der Waals surface area contributed by atoms with Gasteiger partial charge in [-0.2, -0.15) is 5.26 Å². The fourth-order valence-corrected chi connectivity index (χ4v) is 3.34. The number of halogens is 2. The molecule has 2 rings (SSSR count). The number of hydrogen-bond donors (Lipinski definition) is 1. The van der Waals surface area contributed by atoms with Crippen LogP contribution in [0.25, 0.3) is 0 Å². The first-order valence-electron chi connectivity index (χ1n) is 5.57. The van der Waals surface area contributed by atoms with Crippen LogP contribution in [0.4, 0.5) is 5.69 Å². The number of benzene rings is 1. The lowest BCUT2D eigenvalue weighted by molar-refractivity contribution is 0.600. The lowest BCUT2D eigenvalue weighted by atomic mass is 10.1. The standard InChI is InChI=1S/C12H8Cl2N4O2S/c13-11-10(12(14)17-7-16-11)18-21(19,20)6-9-4-2-1-3-8(9)5-15/h1-4,7,18H,6H2. The molecule has 0 fully saturated rings. The van der Waals surface area contributed by atoms with Crippen LogP contribution in [0.1, 0.15) is 11.1 Å². The highest BCUT2D eigenvalue weighted by atomic mass is 35.5. The Kier molecular flexibility index (Phi) is 4.63. The number of sulfonamides is 1. The van der Waals surface area contributed by atoms with Gasteiger partial charge in [0.15, 0.2) is 10.3 Å². The SMILES string of the molecule is N#Cc1ccccc1CS(=O)(=O)Nc1c(Cl)ncnc1Cl. The molecule has 0 saturated heterocycles. The van der Waals surface area contributed by atoms with Gasteiger partial charge in [-0.25, -0.2) is 18.4 Å². The Morgan fingerprint density at radius 1 is 1.19 bits per heavy atom. The van der Waals surface area contributed by atoms with Crippen LogP contribution in [-0.4, -0.2) is 18.4 Å². The van der Waals surface area contributed by atoms with Crippen LogP contribution in [0.2, 0.25) is 10.3 Å². The van der Waals surface area contributed by atoms with E-state index in [4.69, 9.17) is 28.5 Å². The highest BCUT2D eigenvalue weighted by Gasteiger charge is 2.18. The van der Waals surface area contributed by atoms with Gasteiger partial charge in [0.2, 0.25) is 10.0 Å². The van der Waals surface area contributed by atoms with Crippen molar-refractivity contribution in [3.63, 3.8) is 0 Å². The molecule has 21 heavy (non-hydrogen) atoms. The summed E-state index contributed by atoms with van der Waals surface area (Å²) in [6.07, 6.45) is 1.12. The highest BCUT2D eigenvalue weighted by molar-refractivity contribution is 7.91. The van der Waals surface area contributed by atoms with Gasteiger partial charge in [0.1, 0.15) is 12.0 Å². The van der Waals surface area contributed by atoms with Gasteiger partial charge in [0, 0.05) is 0 Å². The Balaban J connectivity index is 2.30. The second-order valence-electron chi connectivity index (χ2n) is 3.96. The number of nitrogens with one attached hydrogen (secondary N) is 1. The number of nitriles is 1. The van der Waals surface area contributed by atoms with E-state index in [1.165, 1.54) is 6.07 Å². The van der Waals surface area contributed by atoms with Gasteiger partial charge in [-0.3, -0.25) is 4.72 Å². The van der Waals surface area contributed by atoms with Gasteiger partial charge in [0.25, 0.3) is 0 Å². The average Bonchev–Trinajstić information content (AvgIpc) is 2.43. The van der Waals surface area contributed by atoms with E-state index in [9.17, 15) is 8.42 Å². The normalized spacial score (nSPS) is 10.9. The van der Waals surface area contributed by atoms with Crippen LogP contribution in [0.15, 0.2) is 30.6 Å². The minimum atomic E-state index is -3.82. The third-order valence-electron chi connectivity index (χ3n) is 2.50. The van der Waals surface area contributed by atoms with E-state index in [0.29, 0.717) is 5.56 Å². The van der Waals surface area contributed by atoms with Gasteiger partial charge in [0.05, 0.1) is 17.4 Å². The van der Waals surface area contributed by atoms with Crippen molar-refractivity contribution < 1.29 is 8.42 Å². The Hall–Kier alpha value is -1.88. The molecule has 1 aromatic carbocycles. The molecule has 0 unspecified atom stereocenters. The summed E-state index contributed by atoms with van der Waals surface area (Å²) >= 11 is 11.6. The monoisotopic (exact) mass is 342 g/mol. The summed E-state index contributed by atoms with van der Waals surface area (Å²) in [5.74, 6) is -0.391. The van der Waals surface area contributed by atoms with Crippen molar-refractivity contribution in [3.05, 3.63) is 52.0 Å². The topological polar surface area (TPSA) is 95.7 Å². The molecule has 0 aliphatic rings. The van der Waals surface area contributed by atoms with Gasteiger partial charge < -0.3 is 0 Å². The molecule has 0 spiro atoms. The molecule has 0 saturated carbocycles. The van der Waals surface area contributed by atoms with Gasteiger partial charge in [-0.15, -0.1) is 0 Å². The number of hydrogen-bond acceptors (Lipinski definition) is 5. The zero-order valence-corrected chi connectivity index (χ0v) is 12.7. The van der Waals surface area contributed by atoms with Crippen molar-refractivity contribution in [1.82, 2.24) is 9.97 Å². The van der Waals surface area contributed by atoms with Crippen molar-refractivity contribution in [2.24, 2.45) is 0 Å². The van der Waals surface area contributed by atoms with Crippen molar-refractivity contribution in [1.29, 1.82) is 5.26 Å². The highest BCUT2D eigenvalue weighted by Crippen LogP contribution is 2.27. The molecular formula is C12H8Cl2N4O2S. The molecule has 0 radical (unpaired) electrons. The second kappa shape index (κ2) is 6.26. The van der Waals surface area contributed by atoms with E-state index >= 15 is 0 Å². The van der Waals surface area contributed by atoms with Gasteiger partial charge in [-0.05, 0) is 11.6 Å². The number of aromatic nitrogens is 2. The van der Waals surface area contributed by atoms with Crippen molar-refractivity contribution in [2.45, 2.75) is 5.75 Å². The third-order valence-corrected chi connectivity index (χ3v) is 4.27. The van der Waals surface area contributed by atoms with E-state index in [0.717, 1.165) is 6.33 Å². The summed E-state index contributed by atoms with van der Waals surface area (Å²) in [7, 11) is -3.82. The molecule has 0 aliphatic heterocycles. The Morgan fingerprint density at radius 3 is 2.43 bits per heavy atom. The predicted octanol–water partition coefficient (Wildman–Crippen LogP) is 2.60. The smallest absolute Gasteiger partial charge is 0.237 e. The van der Waals surface area contributed by atoms with Crippen molar-refractivity contribution in [2.75, 3.05) is 4.72 Å². The maximum atomic E-state index is 12.1. The van der Waals surface area contributed by atoms with E-state index in [1.54, 1.807) is 18.2 Å². The summed E-state index contributed by atoms with van der Waals surface area (Å²) < 4.78 is 26.5. The number of anilines is 1. The second-order valence-corrected chi connectivity index (χ2v) is 6.40. The first-order chi connectivity index (χ1) is 9.93. The average molecular weight is 343 g/mol. The Bertz CT molecular complexity index is 798. The summed E-state index contributed by atoms with van der Waals surface area (Å²) in [4.78, 5) is 7.31. The number of nitrogens with zero attached hydrogens (tertiary/aromatic N) is 3. The van der Waals surface area contributed by atoms with Crippen molar-refractivity contribution in [3.8, 4) is 6.07 Å². The van der Waals surface area contributed by atoms with Crippen molar-refractivity contribution >= 4 is 38.9 Å². The van der Waals surface area contributed by atoms with Crippen LogP contribution >= 0.6 is 23.2 Å². The van der Waals surface area contributed by atoms with Crippen LogP contribution in [0.3, 0.4) is 0 Å². The third kappa shape index (κ3) is 3.82. The number of rotatable bonds is 4. The molecule has 1 N–H and O–H groups in total. The van der Waals surface area contributed by atoms with Gasteiger partial charge in [-0.1, -0.05) is 41.4 Å². The van der Waals surface area contributed by atoms with E-state index in [2.05, 4.69) is 14.7 Å². The maximum absolute atomic E-state index is 12.1. The van der Waals surface area contributed by atoms with Crippen LogP contribution in [0.5, 0.6) is 0 Å². The van der Waals surface area contributed by atoms with E-state index < -0.39 is 15.8 Å². The molecule has 9 heteroatoms. The molecule has 1 aromatic heterocycles. The molecule has 108 valence electrons. The molecule has 6 nitrogen and oxygen atoms in total. The molecule has 0 bridgehead atoms. The van der Waals surface area contributed by atoms with Crippen LogP contribution in [0, 0.1) is 11.3 Å². The summed E-state index contributed by atoms with van der Waals surface area (Å²) in [5, 5.41) is 8.76. The van der Waals surface area contributed by atoms with Crippen LogP contribution < -0.4 is 4.72 Å². The lowest BCUT2D eigenvalue weighted by Crippen LogP contribution is -2.17. The molecule has 0 atom stereocenters. The van der Waals surface area contributed by atoms with Gasteiger partial charge >= 0.3 is 0 Å². The summed E-state index contributed by atoms with van der Waals surface area (Å²) in [6.45, 7) is 0. The predicted molar refractivity (Wildman–Crippen MR) is 79.5 cm³/mol. The molecular weight excluding hydrogens is 335 g/mol. The fourth-order valence-electron chi connectivity index (χ4n) is 1.58. The maximum Gasteiger partial charge on any atom is 0.237 e. The summed E-state index contributed by atoms with van der Waals surface area (Å²) in [5.41, 5.74) is 0.566. The largest absolute Gasteiger partial charge is 0.277 e. The zero-order chi connectivity index (χ0) is 15.5. The lowest BCUT2D eigenvalue weighted by Gasteiger charge is -2.10. The molecule has 2 aromatic rings. The molecule has 0 amide bonds. The Labute approximate surface area is 131 Å². The quantitative estimate of drug-likeness (QED) is 0.861. The van der Waals surface area contributed by atoms with E-state index in [-0.39, 0.29) is 21.6 Å². The zero-order valence-electron chi connectivity index (χ0n) is 10.4. The fraction of sp³-hybridized carbons (Fsp3) is 0.0833. The minimum Gasteiger partial charge on any atom is -0.277 e. The van der Waals surface area contributed by atoms with E-state index in [1.807, 2.05) is 6.07 Å². The molecule has 1 heterocycles. The molecule has 0 aliphatic carbocycles. The van der Waals surface area contributed by atoms with Crippen LogP contribution in [-0.2, 0) is 15.8 Å². The first-order valence-corrected chi connectivity index (χ1v) is 7.98. The minimum absolute atomic E-state index is 0.0877.